The van der Waals surface area contributed by atoms with Crippen molar-refractivity contribution in [3.05, 3.63) is 29.0 Å². The minimum Gasteiger partial charge on any atom is -0.559 e. The third kappa shape index (κ3) is 7.27. The van der Waals surface area contributed by atoms with E-state index >= 15 is 0 Å². The van der Waals surface area contributed by atoms with E-state index in [2.05, 4.69) is 22.1 Å². The molecule has 2 aromatic rings. The van der Waals surface area contributed by atoms with Crippen LogP contribution in [0.3, 0.4) is 0 Å². The Bertz CT molecular complexity index is 730. The molecule has 1 aromatic heterocycles. The van der Waals surface area contributed by atoms with Gasteiger partial charge in [-0.25, -0.2) is 5.75 Å². The van der Waals surface area contributed by atoms with Crippen molar-refractivity contribution in [1.29, 1.82) is 0 Å². The van der Waals surface area contributed by atoms with Gasteiger partial charge in [-0.05, 0) is 6.92 Å². The van der Waals surface area contributed by atoms with Crippen LogP contribution in [-0.4, -0.2) is 26.5 Å². The molecule has 0 aliphatic carbocycles. The SMILES string of the molecule is CC(=O)C1(C)[CH-]SC(c2nc3c[c-]c(O)[c-]c3s2)=N1.[W].[W].[Y].[Y].[Y]. The first kappa shape index (κ1) is 32.0. The van der Waals surface area contributed by atoms with Crippen molar-refractivity contribution >= 4 is 44.1 Å². The van der Waals surface area contributed by atoms with Crippen LogP contribution in [0, 0.1) is 17.9 Å². The largest absolute Gasteiger partial charge is 0.559 e. The maximum Gasteiger partial charge on any atom is 0.127 e. The molecule has 0 amide bonds. The van der Waals surface area contributed by atoms with Gasteiger partial charge in [0.2, 0.25) is 0 Å². The topological polar surface area (TPSA) is 62.5 Å². The van der Waals surface area contributed by atoms with Crippen LogP contribution in [0.25, 0.3) is 10.2 Å². The molecule has 0 spiro atoms. The Balaban J connectivity index is -0.000000882. The van der Waals surface area contributed by atoms with Gasteiger partial charge < -0.3 is 21.0 Å². The number of thiazole rings is 1. The summed E-state index contributed by atoms with van der Waals surface area (Å²) in [7, 11) is 0. The summed E-state index contributed by atoms with van der Waals surface area (Å²) in [4.78, 5) is 20.4. The first-order valence-corrected chi connectivity index (χ1v) is 7.23. The average Bonchev–Trinajstić information content (AvgIpc) is 2.93. The van der Waals surface area contributed by atoms with Gasteiger partial charge in [0.05, 0.1) is 5.04 Å². The third-order valence-corrected chi connectivity index (χ3v) is 5.07. The molecule has 1 atom stereocenters. The Morgan fingerprint density at radius 1 is 1.33 bits per heavy atom. The molecule has 0 saturated heterocycles. The van der Waals surface area contributed by atoms with Gasteiger partial charge in [0, 0.05) is 146 Å². The van der Waals surface area contributed by atoms with Gasteiger partial charge in [0.1, 0.15) is 10.8 Å². The average molecular weight is 924 g/mol. The molecule has 119 valence electrons. The minimum absolute atomic E-state index is 0. The molecule has 11 heteroatoms. The molecule has 1 aliphatic rings. The number of nitrogens with zero attached hydrogens (tertiary/aromatic N) is 2. The number of thioether (sulfide) groups is 1. The first-order valence-electron chi connectivity index (χ1n) is 5.54. The summed E-state index contributed by atoms with van der Waals surface area (Å²) in [6, 6.07) is 7.06. The molecule has 1 aliphatic heterocycles. The van der Waals surface area contributed by atoms with Crippen molar-refractivity contribution in [2.24, 2.45) is 4.99 Å². The first-order chi connectivity index (χ1) is 8.98. The van der Waals surface area contributed by atoms with E-state index in [1.807, 2.05) is 5.75 Å². The van der Waals surface area contributed by atoms with E-state index in [0.717, 1.165) is 20.3 Å². The van der Waals surface area contributed by atoms with Gasteiger partial charge in [-0.15, -0.1) is 11.3 Å². The van der Waals surface area contributed by atoms with Crippen molar-refractivity contribution in [2.75, 3.05) is 0 Å². The molecule has 0 bridgehead atoms. The molecule has 2 heterocycles. The zero-order chi connectivity index (χ0) is 13.6. The van der Waals surface area contributed by atoms with Gasteiger partial charge in [0.15, 0.2) is 0 Å². The van der Waals surface area contributed by atoms with E-state index in [9.17, 15) is 9.90 Å². The van der Waals surface area contributed by atoms with Crippen LogP contribution in [0.5, 0.6) is 5.75 Å². The summed E-state index contributed by atoms with van der Waals surface area (Å²) in [6.45, 7) is 3.32. The summed E-state index contributed by atoms with van der Waals surface area (Å²) in [5.74, 6) is 1.81. The number of carbonyl (C=O) groups excluding carboxylic acids is 1. The molecular formula is C13H9N2O2S2W2Y3-3. The number of hydrogen-bond donors (Lipinski definition) is 1. The van der Waals surface area contributed by atoms with Crippen LogP contribution < -0.4 is 0 Å². The number of carbonyl (C=O) groups is 1. The fourth-order valence-electron chi connectivity index (χ4n) is 1.59. The summed E-state index contributed by atoms with van der Waals surface area (Å²) < 4.78 is 0.756. The van der Waals surface area contributed by atoms with E-state index < -0.39 is 5.54 Å². The molecule has 0 fully saturated rings. The number of rotatable bonds is 2. The number of phenols is 1. The van der Waals surface area contributed by atoms with E-state index in [1.54, 1.807) is 13.0 Å². The van der Waals surface area contributed by atoms with Gasteiger partial charge >= 0.3 is 0 Å². The van der Waals surface area contributed by atoms with Crippen molar-refractivity contribution < 1.29 is 150 Å². The predicted octanol–water partition coefficient (Wildman–Crippen LogP) is 2.59. The normalized spacial score (nSPS) is 18.0. The third-order valence-electron chi connectivity index (χ3n) is 2.86. The van der Waals surface area contributed by atoms with Crippen molar-refractivity contribution in [1.82, 2.24) is 4.98 Å². The van der Waals surface area contributed by atoms with E-state index in [4.69, 9.17) is 0 Å². The van der Waals surface area contributed by atoms with E-state index in [-0.39, 0.29) is 152 Å². The monoisotopic (exact) mass is 924 g/mol. The smallest absolute Gasteiger partial charge is 0.127 e. The summed E-state index contributed by atoms with van der Waals surface area (Å²) in [5, 5.41) is 10.8. The number of ketones is 1. The second-order valence-electron chi connectivity index (χ2n) is 4.35. The van der Waals surface area contributed by atoms with Gasteiger partial charge in [-0.2, -0.15) is 16.0 Å². The second-order valence-corrected chi connectivity index (χ2v) is 6.21. The van der Waals surface area contributed by atoms with Crippen molar-refractivity contribution in [2.45, 2.75) is 19.4 Å². The van der Waals surface area contributed by atoms with Crippen LogP contribution in [0.2, 0.25) is 0 Å². The van der Waals surface area contributed by atoms with E-state index in [1.165, 1.54) is 30.0 Å². The van der Waals surface area contributed by atoms with E-state index in [0.29, 0.717) is 0 Å². The maximum atomic E-state index is 11.5. The quantitative estimate of drug-likeness (QED) is 0.472. The number of phenolic OH excluding ortho intramolecular Hbond substituents is 1. The van der Waals surface area contributed by atoms with Gasteiger partial charge in [0.25, 0.3) is 0 Å². The Kier molecular flexibility index (Phi) is 18.0. The fourth-order valence-corrected chi connectivity index (χ4v) is 3.63. The van der Waals surface area contributed by atoms with Crippen molar-refractivity contribution in [3.8, 4) is 5.75 Å². The van der Waals surface area contributed by atoms with Crippen LogP contribution >= 0.6 is 23.1 Å². The number of benzene rings is 1. The van der Waals surface area contributed by atoms with Crippen LogP contribution in [0.15, 0.2) is 11.1 Å². The number of aromatic hydroxyl groups is 1. The fraction of sp³-hybridized carbons (Fsp3) is 0.231. The standard InChI is InChI=1S/C13H9N2O2S2.2W.3Y/c1-7(16)13(2)6-18-12(15-13)11-14-9-4-3-8(17)5-10(9)19-11;;;;;/h4,6,17H,1-2H3;;;;;/q-3;;;;;. The number of Topliss-reactive ketones (excluding diaryl/α,β-unsaturated/α-hetero) is 1. The molecule has 1 N–H and O–H groups in total. The van der Waals surface area contributed by atoms with Gasteiger partial charge in [-0.3, -0.25) is 28.9 Å². The van der Waals surface area contributed by atoms with Crippen LogP contribution in [0.1, 0.15) is 18.9 Å². The predicted molar refractivity (Wildman–Crippen MR) is 76.5 cm³/mol. The molecule has 4 nitrogen and oxygen atoms in total. The Morgan fingerprint density at radius 3 is 2.50 bits per heavy atom. The number of hydrogen-bond acceptors (Lipinski definition) is 6. The van der Waals surface area contributed by atoms with Gasteiger partial charge in [-0.1, -0.05) is 6.92 Å². The zero-order valence-electron chi connectivity index (χ0n) is 12.8. The minimum atomic E-state index is -0.768. The molecule has 24 heavy (non-hydrogen) atoms. The number of aliphatic imine (C=N–C) groups is 1. The Hall–Kier alpha value is 3.29. The molecule has 0 saturated carbocycles. The van der Waals surface area contributed by atoms with Crippen molar-refractivity contribution in [3.63, 3.8) is 0 Å². The molecule has 1 aromatic carbocycles. The molecule has 1 unspecified atom stereocenters. The van der Waals surface area contributed by atoms with Crippen LogP contribution in [-0.2, 0) is 145 Å². The Morgan fingerprint density at radius 2 is 1.96 bits per heavy atom. The molecule has 3 radical (unpaired) electrons. The number of aromatic nitrogens is 1. The zero-order valence-corrected chi connectivity index (χ0v) is 28.8. The van der Waals surface area contributed by atoms with Crippen LogP contribution in [0.4, 0.5) is 0 Å². The number of fused-ring (bicyclic) bond motifs is 1. The Labute approximate surface area is 253 Å². The summed E-state index contributed by atoms with van der Waals surface area (Å²) >= 11 is 2.81. The molecule has 3 rings (SSSR count). The maximum absolute atomic E-state index is 11.5. The summed E-state index contributed by atoms with van der Waals surface area (Å²) in [5.41, 5.74) is -0.0481. The second kappa shape index (κ2) is 13.5. The summed E-state index contributed by atoms with van der Waals surface area (Å²) in [6.07, 6.45) is 0. The molecular weight excluding hydrogens is 915 g/mol.